The summed E-state index contributed by atoms with van der Waals surface area (Å²) in [5.74, 6) is 0.446. The van der Waals surface area contributed by atoms with E-state index in [2.05, 4.69) is 91.0 Å². The SMILES string of the molecule is O=C1CCCCC1[P+](c1ccccc1)(c1ccccc1)c1ccccc1.[Br-]. The van der Waals surface area contributed by atoms with Crippen molar-refractivity contribution in [2.24, 2.45) is 0 Å². The fourth-order valence-electron chi connectivity index (χ4n) is 4.35. The third kappa shape index (κ3) is 3.66. The molecule has 1 aliphatic rings. The molecule has 1 atom stereocenters. The van der Waals surface area contributed by atoms with Crippen molar-refractivity contribution in [2.45, 2.75) is 31.3 Å². The van der Waals surface area contributed by atoms with Gasteiger partial charge in [-0.1, -0.05) is 54.6 Å². The Morgan fingerprint density at radius 2 is 1.04 bits per heavy atom. The van der Waals surface area contributed by atoms with Crippen LogP contribution in [0.15, 0.2) is 91.0 Å². The number of Topliss-reactive ketones (excluding diaryl/α,β-unsaturated/α-hetero) is 1. The zero-order chi connectivity index (χ0) is 17.8. The number of hydrogen-bond acceptors (Lipinski definition) is 1. The molecule has 0 radical (unpaired) electrons. The summed E-state index contributed by atoms with van der Waals surface area (Å²) >= 11 is 0. The average Bonchev–Trinajstić information content (AvgIpc) is 2.72. The fourth-order valence-corrected chi connectivity index (χ4v) is 9.38. The molecular formula is C24H24BrOP. The van der Waals surface area contributed by atoms with E-state index in [4.69, 9.17) is 0 Å². The van der Waals surface area contributed by atoms with Crippen LogP contribution in [0.2, 0.25) is 0 Å². The minimum Gasteiger partial charge on any atom is -1.00 e. The predicted molar refractivity (Wildman–Crippen MR) is 112 cm³/mol. The van der Waals surface area contributed by atoms with Crippen molar-refractivity contribution in [3.05, 3.63) is 91.0 Å². The normalized spacial score (nSPS) is 17.2. The summed E-state index contributed by atoms with van der Waals surface area (Å²) < 4.78 is 0. The summed E-state index contributed by atoms with van der Waals surface area (Å²) in [7, 11) is -2.03. The van der Waals surface area contributed by atoms with E-state index in [1.807, 2.05) is 0 Å². The molecule has 0 aromatic heterocycles. The predicted octanol–water partition coefficient (Wildman–Crippen LogP) is 1.50. The first-order valence-corrected chi connectivity index (χ1v) is 11.3. The van der Waals surface area contributed by atoms with Gasteiger partial charge in [-0.05, 0) is 55.7 Å². The van der Waals surface area contributed by atoms with E-state index in [0.29, 0.717) is 5.78 Å². The number of benzene rings is 3. The summed E-state index contributed by atoms with van der Waals surface area (Å²) in [6.07, 6.45) is 3.89. The minimum atomic E-state index is -2.03. The Balaban J connectivity index is 0.00000210. The second kappa shape index (κ2) is 8.95. The molecule has 0 aliphatic heterocycles. The van der Waals surface area contributed by atoms with Crippen molar-refractivity contribution in [1.29, 1.82) is 0 Å². The molecule has 1 aliphatic carbocycles. The van der Waals surface area contributed by atoms with Crippen LogP contribution in [0.4, 0.5) is 0 Å². The number of rotatable bonds is 4. The van der Waals surface area contributed by atoms with Gasteiger partial charge in [0.05, 0.1) is 0 Å². The Kier molecular flexibility index (Phi) is 6.63. The van der Waals surface area contributed by atoms with Crippen LogP contribution in [0.25, 0.3) is 0 Å². The van der Waals surface area contributed by atoms with Crippen LogP contribution in [-0.4, -0.2) is 11.4 Å². The van der Waals surface area contributed by atoms with Gasteiger partial charge in [0.1, 0.15) is 28.8 Å². The Morgan fingerprint density at radius 3 is 1.41 bits per heavy atom. The highest BCUT2D eigenvalue weighted by atomic mass is 79.9. The molecule has 0 N–H and O–H groups in total. The Labute approximate surface area is 172 Å². The molecule has 0 heterocycles. The van der Waals surface area contributed by atoms with Gasteiger partial charge >= 0.3 is 0 Å². The molecule has 1 unspecified atom stereocenters. The Hall–Kier alpha value is -1.76. The van der Waals surface area contributed by atoms with Crippen LogP contribution in [0.3, 0.4) is 0 Å². The van der Waals surface area contributed by atoms with E-state index >= 15 is 0 Å². The summed E-state index contributed by atoms with van der Waals surface area (Å²) in [4.78, 5) is 13.2. The van der Waals surface area contributed by atoms with Gasteiger partial charge in [-0.25, -0.2) is 0 Å². The largest absolute Gasteiger partial charge is 1.00 e. The lowest BCUT2D eigenvalue weighted by atomic mass is 9.99. The molecular weight excluding hydrogens is 415 g/mol. The molecule has 1 fully saturated rings. The summed E-state index contributed by atoms with van der Waals surface area (Å²) in [5, 5.41) is 3.95. The molecule has 0 bridgehead atoms. The topological polar surface area (TPSA) is 17.1 Å². The van der Waals surface area contributed by atoms with Gasteiger partial charge in [0.15, 0.2) is 5.78 Å². The third-order valence-electron chi connectivity index (χ3n) is 5.48. The molecule has 1 nitrogen and oxygen atoms in total. The summed E-state index contributed by atoms with van der Waals surface area (Å²) in [6, 6.07) is 32.3. The number of hydrogen-bond donors (Lipinski definition) is 0. The van der Waals surface area contributed by atoms with Crippen LogP contribution in [0.5, 0.6) is 0 Å². The molecule has 0 saturated heterocycles. The number of carbonyl (C=O) groups excluding carboxylic acids is 1. The minimum absolute atomic E-state index is 0. The lowest BCUT2D eigenvalue weighted by molar-refractivity contribution is -0.119. The van der Waals surface area contributed by atoms with Gasteiger partial charge in [-0.2, -0.15) is 0 Å². The van der Waals surface area contributed by atoms with E-state index in [9.17, 15) is 4.79 Å². The van der Waals surface area contributed by atoms with Crippen LogP contribution < -0.4 is 32.9 Å². The second-order valence-corrected chi connectivity index (χ2v) is 10.6. The first-order chi connectivity index (χ1) is 12.8. The standard InChI is InChI=1S/C24H24OP.BrH/c25-23-18-10-11-19-24(23)26(20-12-4-1-5-13-20,21-14-6-2-7-15-21)22-16-8-3-9-17-22;/h1-9,12-17,24H,10-11,18-19H2;1H/q+1;/p-1. The number of halogens is 1. The van der Waals surface area contributed by atoms with Gasteiger partial charge < -0.3 is 17.0 Å². The molecule has 138 valence electrons. The monoisotopic (exact) mass is 438 g/mol. The van der Waals surface area contributed by atoms with Crippen molar-refractivity contribution in [1.82, 2.24) is 0 Å². The third-order valence-corrected chi connectivity index (χ3v) is 10.3. The molecule has 0 amide bonds. The van der Waals surface area contributed by atoms with E-state index in [1.165, 1.54) is 15.9 Å². The molecule has 27 heavy (non-hydrogen) atoms. The van der Waals surface area contributed by atoms with Crippen molar-refractivity contribution >= 4 is 29.0 Å². The molecule has 1 saturated carbocycles. The Morgan fingerprint density at radius 1 is 0.630 bits per heavy atom. The molecule has 3 aromatic rings. The Bertz CT molecular complexity index is 768. The maximum atomic E-state index is 13.2. The van der Waals surface area contributed by atoms with E-state index in [0.717, 1.165) is 25.7 Å². The quantitative estimate of drug-likeness (QED) is 0.564. The fraction of sp³-hybridized carbons (Fsp3) is 0.208. The maximum Gasteiger partial charge on any atom is 0.174 e. The van der Waals surface area contributed by atoms with Crippen molar-refractivity contribution in [2.75, 3.05) is 0 Å². The first-order valence-electron chi connectivity index (χ1n) is 9.42. The lowest BCUT2D eigenvalue weighted by Gasteiger charge is -2.35. The lowest BCUT2D eigenvalue weighted by Crippen LogP contribution is -3.00. The number of carbonyl (C=O) groups is 1. The van der Waals surface area contributed by atoms with Crippen LogP contribution >= 0.6 is 7.26 Å². The van der Waals surface area contributed by atoms with Gasteiger partial charge in [-0.3, -0.25) is 4.79 Å². The van der Waals surface area contributed by atoms with E-state index in [-0.39, 0.29) is 22.6 Å². The average molecular weight is 439 g/mol. The summed E-state index contributed by atoms with van der Waals surface area (Å²) in [6.45, 7) is 0. The van der Waals surface area contributed by atoms with Crippen molar-refractivity contribution in [3.8, 4) is 0 Å². The molecule has 0 spiro atoms. The van der Waals surface area contributed by atoms with E-state index in [1.54, 1.807) is 0 Å². The van der Waals surface area contributed by atoms with Gasteiger partial charge in [0, 0.05) is 6.42 Å². The first kappa shape index (κ1) is 20.0. The van der Waals surface area contributed by atoms with Gasteiger partial charge in [0.2, 0.25) is 0 Å². The van der Waals surface area contributed by atoms with Gasteiger partial charge in [-0.15, -0.1) is 0 Å². The van der Waals surface area contributed by atoms with E-state index < -0.39 is 7.26 Å². The maximum absolute atomic E-state index is 13.2. The molecule has 3 heteroatoms. The number of ketones is 1. The zero-order valence-electron chi connectivity index (χ0n) is 15.3. The van der Waals surface area contributed by atoms with Crippen LogP contribution in [-0.2, 0) is 4.79 Å². The molecule has 3 aromatic carbocycles. The summed E-state index contributed by atoms with van der Waals surface area (Å²) in [5.41, 5.74) is 0.0865. The highest BCUT2D eigenvalue weighted by Gasteiger charge is 2.55. The van der Waals surface area contributed by atoms with Gasteiger partial charge in [0.25, 0.3) is 0 Å². The van der Waals surface area contributed by atoms with Crippen LogP contribution in [0, 0.1) is 0 Å². The zero-order valence-corrected chi connectivity index (χ0v) is 17.8. The molecule has 4 rings (SSSR count). The highest BCUT2D eigenvalue weighted by Crippen LogP contribution is 2.62. The smallest absolute Gasteiger partial charge is 0.174 e. The highest BCUT2D eigenvalue weighted by molar-refractivity contribution is 7.96. The van der Waals surface area contributed by atoms with Crippen molar-refractivity contribution in [3.63, 3.8) is 0 Å². The van der Waals surface area contributed by atoms with Crippen LogP contribution in [0.1, 0.15) is 25.7 Å². The second-order valence-electron chi connectivity index (χ2n) is 6.96. The van der Waals surface area contributed by atoms with Crippen molar-refractivity contribution < 1.29 is 21.8 Å².